The molecule has 5 heteroatoms. The van der Waals surface area contributed by atoms with Crippen LogP contribution in [0.25, 0.3) is 0 Å². The summed E-state index contributed by atoms with van der Waals surface area (Å²) < 4.78 is 5.51. The topological polar surface area (TPSA) is 54.2 Å². The second kappa shape index (κ2) is 5.80. The van der Waals surface area contributed by atoms with Gasteiger partial charge in [-0.1, -0.05) is 12.1 Å². The molecule has 2 heterocycles. The maximum Gasteiger partial charge on any atom is 0.234 e. The van der Waals surface area contributed by atoms with Crippen LogP contribution < -0.4 is 5.32 Å². The van der Waals surface area contributed by atoms with Crippen LogP contribution in [0, 0.1) is 0 Å². The number of nitrogens with zero attached hydrogens (tertiary/aromatic N) is 3. The predicted molar refractivity (Wildman–Crippen MR) is 70.6 cm³/mol. The Morgan fingerprint density at radius 2 is 2.28 bits per heavy atom. The average molecular weight is 252 g/mol. The van der Waals surface area contributed by atoms with E-state index in [1.807, 2.05) is 0 Å². The van der Waals surface area contributed by atoms with Gasteiger partial charge >= 0.3 is 0 Å². The van der Waals surface area contributed by atoms with Crippen LogP contribution in [0.15, 0.2) is 4.52 Å². The molecule has 1 aromatic heterocycles. The van der Waals surface area contributed by atoms with Crippen molar-refractivity contribution in [1.29, 1.82) is 0 Å². The van der Waals surface area contributed by atoms with Gasteiger partial charge < -0.3 is 14.7 Å². The fourth-order valence-corrected chi connectivity index (χ4v) is 2.50. The first-order chi connectivity index (χ1) is 8.66. The van der Waals surface area contributed by atoms with E-state index in [9.17, 15) is 0 Å². The van der Waals surface area contributed by atoms with Crippen LogP contribution >= 0.6 is 0 Å². The van der Waals surface area contributed by atoms with Gasteiger partial charge in [-0.05, 0) is 39.9 Å². The van der Waals surface area contributed by atoms with Crippen molar-refractivity contribution in [2.24, 2.45) is 0 Å². The lowest BCUT2D eigenvalue weighted by molar-refractivity contribution is 0.220. The molecule has 1 aliphatic rings. The Labute approximate surface area is 109 Å². The zero-order valence-corrected chi connectivity index (χ0v) is 11.7. The van der Waals surface area contributed by atoms with Gasteiger partial charge in [-0.15, -0.1) is 0 Å². The molecule has 0 aliphatic carbocycles. The van der Waals surface area contributed by atoms with Crippen LogP contribution in [0.2, 0.25) is 0 Å². The van der Waals surface area contributed by atoms with E-state index in [0.29, 0.717) is 0 Å². The molecule has 0 amide bonds. The van der Waals surface area contributed by atoms with Gasteiger partial charge in [0.05, 0.1) is 5.41 Å². The van der Waals surface area contributed by atoms with Gasteiger partial charge in [-0.2, -0.15) is 4.98 Å². The van der Waals surface area contributed by atoms with Crippen molar-refractivity contribution in [3.05, 3.63) is 11.7 Å². The Morgan fingerprint density at radius 1 is 1.44 bits per heavy atom. The van der Waals surface area contributed by atoms with Gasteiger partial charge in [0.1, 0.15) is 0 Å². The summed E-state index contributed by atoms with van der Waals surface area (Å²) in [5.74, 6) is 1.66. The number of likely N-dealkylation sites (N-methyl/N-ethyl adjacent to an activating group) is 1. The molecule has 18 heavy (non-hydrogen) atoms. The summed E-state index contributed by atoms with van der Waals surface area (Å²) in [4.78, 5) is 6.74. The average Bonchev–Trinajstić information content (AvgIpc) is 2.86. The number of aromatic nitrogens is 2. The Hall–Kier alpha value is -0.940. The zero-order valence-electron chi connectivity index (χ0n) is 11.7. The molecule has 1 fully saturated rings. The SMILES string of the molecule is CCC1(c2nc(CCN(C)C)no2)CCCNC1. The van der Waals surface area contributed by atoms with Crippen molar-refractivity contribution < 1.29 is 4.52 Å². The maximum atomic E-state index is 5.51. The summed E-state index contributed by atoms with van der Waals surface area (Å²) in [5.41, 5.74) is 0.0572. The number of hydrogen-bond acceptors (Lipinski definition) is 5. The Morgan fingerprint density at radius 3 is 2.89 bits per heavy atom. The van der Waals surface area contributed by atoms with Crippen molar-refractivity contribution in [3.63, 3.8) is 0 Å². The first-order valence-electron chi connectivity index (χ1n) is 6.85. The molecule has 1 unspecified atom stereocenters. The van der Waals surface area contributed by atoms with Crippen molar-refractivity contribution >= 4 is 0 Å². The predicted octanol–water partition coefficient (Wildman–Crippen LogP) is 1.20. The Balaban J connectivity index is 2.07. The minimum absolute atomic E-state index is 0.0572. The molecule has 0 spiro atoms. The van der Waals surface area contributed by atoms with Crippen molar-refractivity contribution in [2.45, 2.75) is 38.0 Å². The summed E-state index contributed by atoms with van der Waals surface area (Å²) >= 11 is 0. The molecule has 0 aromatic carbocycles. The third kappa shape index (κ3) is 2.90. The maximum absolute atomic E-state index is 5.51. The first-order valence-corrected chi connectivity index (χ1v) is 6.85. The van der Waals surface area contributed by atoms with E-state index >= 15 is 0 Å². The number of rotatable bonds is 5. The van der Waals surface area contributed by atoms with Gasteiger partial charge in [0.25, 0.3) is 0 Å². The Bertz CT molecular complexity index is 369. The molecule has 0 bridgehead atoms. The highest BCUT2D eigenvalue weighted by Crippen LogP contribution is 2.33. The van der Waals surface area contributed by atoms with Crippen molar-refractivity contribution in [3.8, 4) is 0 Å². The van der Waals surface area contributed by atoms with Gasteiger partial charge in [-0.3, -0.25) is 0 Å². The highest BCUT2D eigenvalue weighted by Gasteiger charge is 2.37. The summed E-state index contributed by atoms with van der Waals surface area (Å²) in [6, 6.07) is 0. The second-order valence-electron chi connectivity index (χ2n) is 5.48. The third-order valence-corrected chi connectivity index (χ3v) is 3.85. The van der Waals surface area contributed by atoms with E-state index in [1.54, 1.807) is 0 Å². The van der Waals surface area contributed by atoms with E-state index in [1.165, 1.54) is 6.42 Å². The quantitative estimate of drug-likeness (QED) is 0.853. The van der Waals surface area contributed by atoms with E-state index < -0.39 is 0 Å². The molecule has 1 saturated heterocycles. The summed E-state index contributed by atoms with van der Waals surface area (Å²) in [6.45, 7) is 5.22. The van der Waals surface area contributed by atoms with Crippen molar-refractivity contribution in [2.75, 3.05) is 33.7 Å². The molecular weight excluding hydrogens is 228 g/mol. The second-order valence-corrected chi connectivity index (χ2v) is 5.48. The lowest BCUT2D eigenvalue weighted by Gasteiger charge is -2.33. The largest absolute Gasteiger partial charge is 0.339 e. The molecule has 2 rings (SSSR count). The van der Waals surface area contributed by atoms with Crippen LogP contribution in [-0.4, -0.2) is 48.8 Å². The van der Waals surface area contributed by atoms with Crippen LogP contribution in [-0.2, 0) is 11.8 Å². The summed E-state index contributed by atoms with van der Waals surface area (Å²) in [5, 5.41) is 7.56. The first kappa shape index (κ1) is 13.5. The number of piperidine rings is 1. The number of nitrogens with one attached hydrogen (secondary N) is 1. The standard InChI is InChI=1S/C13H24N4O/c1-4-13(7-5-8-14-10-13)12-15-11(16-18-12)6-9-17(2)3/h14H,4-10H2,1-3H3. The third-order valence-electron chi connectivity index (χ3n) is 3.85. The van der Waals surface area contributed by atoms with Crippen LogP contribution in [0.1, 0.15) is 37.9 Å². The normalized spacial score (nSPS) is 24.7. The molecule has 0 radical (unpaired) electrons. The smallest absolute Gasteiger partial charge is 0.234 e. The van der Waals surface area contributed by atoms with Gasteiger partial charge in [0.2, 0.25) is 5.89 Å². The molecule has 1 atom stereocenters. The molecule has 0 saturated carbocycles. The summed E-state index contributed by atoms with van der Waals surface area (Å²) in [7, 11) is 4.11. The fourth-order valence-electron chi connectivity index (χ4n) is 2.50. The van der Waals surface area contributed by atoms with Crippen LogP contribution in [0.5, 0.6) is 0 Å². The fraction of sp³-hybridized carbons (Fsp3) is 0.846. The minimum Gasteiger partial charge on any atom is -0.339 e. The Kier molecular flexibility index (Phi) is 4.35. The zero-order chi connectivity index (χ0) is 13.0. The monoisotopic (exact) mass is 252 g/mol. The minimum atomic E-state index is 0.0572. The molecule has 102 valence electrons. The highest BCUT2D eigenvalue weighted by molar-refractivity contribution is 5.08. The molecule has 5 nitrogen and oxygen atoms in total. The van der Waals surface area contributed by atoms with E-state index in [2.05, 4.69) is 41.4 Å². The van der Waals surface area contributed by atoms with Gasteiger partial charge in [0.15, 0.2) is 5.82 Å². The van der Waals surface area contributed by atoms with E-state index in [-0.39, 0.29) is 5.41 Å². The highest BCUT2D eigenvalue weighted by atomic mass is 16.5. The van der Waals surface area contributed by atoms with Crippen LogP contribution in [0.4, 0.5) is 0 Å². The van der Waals surface area contributed by atoms with E-state index in [4.69, 9.17) is 4.52 Å². The molecule has 1 aromatic rings. The van der Waals surface area contributed by atoms with Crippen molar-refractivity contribution in [1.82, 2.24) is 20.4 Å². The van der Waals surface area contributed by atoms with Crippen LogP contribution in [0.3, 0.4) is 0 Å². The molecule has 1 aliphatic heterocycles. The number of hydrogen-bond donors (Lipinski definition) is 1. The lowest BCUT2D eigenvalue weighted by Crippen LogP contribution is -2.43. The molecule has 1 N–H and O–H groups in total. The summed E-state index contributed by atoms with van der Waals surface area (Å²) in [6.07, 6.45) is 4.23. The van der Waals surface area contributed by atoms with Gasteiger partial charge in [-0.25, -0.2) is 0 Å². The lowest BCUT2D eigenvalue weighted by atomic mass is 9.78. The molecular formula is C13H24N4O. The van der Waals surface area contributed by atoms with Gasteiger partial charge in [0, 0.05) is 19.5 Å². The van der Waals surface area contributed by atoms with E-state index in [0.717, 1.165) is 50.6 Å².